The predicted molar refractivity (Wildman–Crippen MR) is 127 cm³/mol. The largest absolute Gasteiger partial charge is 0.416 e. The molecule has 3 atom stereocenters. The first-order valence-electron chi connectivity index (χ1n) is 12.3. The molecule has 2 amide bonds. The van der Waals surface area contributed by atoms with Crippen molar-refractivity contribution in [1.29, 1.82) is 5.26 Å². The Morgan fingerprint density at radius 3 is 2.49 bits per heavy atom. The zero-order valence-electron chi connectivity index (χ0n) is 20.4. The highest BCUT2D eigenvalue weighted by atomic mass is 32.2. The first-order valence-corrected chi connectivity index (χ1v) is 13.7. The van der Waals surface area contributed by atoms with Crippen molar-refractivity contribution in [2.24, 2.45) is 11.8 Å². The molecule has 0 bridgehead atoms. The zero-order valence-corrected chi connectivity index (χ0v) is 21.3. The van der Waals surface area contributed by atoms with E-state index < -0.39 is 45.9 Å². The minimum Gasteiger partial charge on any atom is -0.348 e. The molecule has 202 valence electrons. The fourth-order valence-electron chi connectivity index (χ4n) is 5.14. The van der Waals surface area contributed by atoms with E-state index in [4.69, 9.17) is 5.26 Å². The number of hydrogen-bond donors (Lipinski definition) is 1. The van der Waals surface area contributed by atoms with Crippen molar-refractivity contribution in [3.05, 3.63) is 35.4 Å². The van der Waals surface area contributed by atoms with Crippen LogP contribution in [0.1, 0.15) is 49.8 Å². The Kier molecular flexibility index (Phi) is 7.83. The van der Waals surface area contributed by atoms with Gasteiger partial charge in [-0.05, 0) is 50.3 Å². The number of piperidine rings is 1. The van der Waals surface area contributed by atoms with Crippen molar-refractivity contribution >= 4 is 22.0 Å². The van der Waals surface area contributed by atoms with Gasteiger partial charge in [0, 0.05) is 32.7 Å². The minimum absolute atomic E-state index is 0.0142. The number of amides is 2. The van der Waals surface area contributed by atoms with Gasteiger partial charge >= 0.3 is 6.18 Å². The molecule has 1 aromatic rings. The van der Waals surface area contributed by atoms with Gasteiger partial charge in [0.15, 0.2) is 0 Å². The molecule has 0 saturated carbocycles. The average Bonchev–Trinajstić information content (AvgIpc) is 3.32. The van der Waals surface area contributed by atoms with Crippen molar-refractivity contribution in [3.63, 3.8) is 0 Å². The van der Waals surface area contributed by atoms with E-state index in [1.165, 1.54) is 25.6 Å². The molecule has 4 rings (SSSR count). The number of rotatable bonds is 6. The number of likely N-dealkylation sites (tertiary alicyclic amines) is 1. The van der Waals surface area contributed by atoms with Crippen LogP contribution in [-0.4, -0.2) is 72.5 Å². The molecule has 37 heavy (non-hydrogen) atoms. The number of nitrogens with zero attached hydrogens (tertiary/aromatic N) is 4. The van der Waals surface area contributed by atoms with Gasteiger partial charge in [-0.3, -0.25) is 9.59 Å². The van der Waals surface area contributed by atoms with E-state index in [1.807, 2.05) is 6.07 Å². The Morgan fingerprint density at radius 1 is 1.11 bits per heavy atom. The van der Waals surface area contributed by atoms with E-state index in [0.717, 1.165) is 12.1 Å². The van der Waals surface area contributed by atoms with Crippen LogP contribution >= 0.6 is 0 Å². The monoisotopic (exact) mass is 541 g/mol. The molecule has 3 fully saturated rings. The third-order valence-electron chi connectivity index (χ3n) is 7.33. The number of carbonyl (C=O) groups excluding carboxylic acids is 2. The Morgan fingerprint density at radius 2 is 1.81 bits per heavy atom. The summed E-state index contributed by atoms with van der Waals surface area (Å²) in [4.78, 5) is 27.9. The lowest BCUT2D eigenvalue weighted by molar-refractivity contribution is -0.142. The second-order valence-electron chi connectivity index (χ2n) is 9.89. The van der Waals surface area contributed by atoms with Gasteiger partial charge < -0.3 is 10.2 Å². The Hall–Kier alpha value is -2.69. The lowest BCUT2D eigenvalue weighted by atomic mass is 9.97. The topological polar surface area (TPSA) is 114 Å². The maximum absolute atomic E-state index is 13.4. The SMILES string of the molecule is CC(NC(=O)[C@H]1CCCN1C(=O)[C@H]1CCCN(S(=O)(=O)N2CC(C#N)C2)C1)c1cccc(C(F)(F)F)c1. The first kappa shape index (κ1) is 27.3. The summed E-state index contributed by atoms with van der Waals surface area (Å²) in [6.45, 7) is 2.54. The average molecular weight is 542 g/mol. The summed E-state index contributed by atoms with van der Waals surface area (Å²) in [5.41, 5.74) is -0.501. The van der Waals surface area contributed by atoms with Crippen LogP contribution in [0.5, 0.6) is 0 Å². The van der Waals surface area contributed by atoms with Gasteiger partial charge in [0.25, 0.3) is 10.2 Å². The summed E-state index contributed by atoms with van der Waals surface area (Å²) in [5, 5.41) is 11.7. The Balaban J connectivity index is 1.39. The molecule has 0 aliphatic carbocycles. The van der Waals surface area contributed by atoms with Crippen LogP contribution in [0.25, 0.3) is 0 Å². The number of halogens is 3. The van der Waals surface area contributed by atoms with Crippen molar-refractivity contribution in [1.82, 2.24) is 18.8 Å². The molecule has 0 aromatic heterocycles. The maximum atomic E-state index is 13.4. The van der Waals surface area contributed by atoms with Gasteiger partial charge in [-0.15, -0.1) is 0 Å². The van der Waals surface area contributed by atoms with E-state index in [-0.39, 0.29) is 38.0 Å². The molecular formula is C24H30F3N5O4S. The highest BCUT2D eigenvalue weighted by Gasteiger charge is 2.44. The van der Waals surface area contributed by atoms with Crippen LogP contribution in [0.15, 0.2) is 24.3 Å². The van der Waals surface area contributed by atoms with Crippen molar-refractivity contribution in [2.45, 2.75) is 50.9 Å². The molecular weight excluding hydrogens is 511 g/mol. The number of nitrogens with one attached hydrogen (secondary N) is 1. The van der Waals surface area contributed by atoms with Crippen LogP contribution in [-0.2, 0) is 26.0 Å². The van der Waals surface area contributed by atoms with Crippen LogP contribution in [0.3, 0.4) is 0 Å². The van der Waals surface area contributed by atoms with Gasteiger partial charge in [-0.1, -0.05) is 12.1 Å². The highest BCUT2D eigenvalue weighted by molar-refractivity contribution is 7.86. The molecule has 0 spiro atoms. The second-order valence-corrected chi connectivity index (χ2v) is 11.8. The molecule has 3 aliphatic rings. The normalized spacial score (nSPS) is 24.8. The summed E-state index contributed by atoms with van der Waals surface area (Å²) in [6.07, 6.45) is -2.48. The Labute approximate surface area is 214 Å². The molecule has 13 heteroatoms. The predicted octanol–water partition coefficient (Wildman–Crippen LogP) is 2.29. The van der Waals surface area contributed by atoms with Gasteiger partial charge in [-0.2, -0.15) is 35.5 Å². The van der Waals surface area contributed by atoms with Crippen molar-refractivity contribution in [3.8, 4) is 6.07 Å². The zero-order chi connectivity index (χ0) is 27.0. The van der Waals surface area contributed by atoms with Crippen molar-refractivity contribution < 1.29 is 31.2 Å². The fraction of sp³-hybridized carbons (Fsp3) is 0.625. The number of carbonyl (C=O) groups is 2. The lowest BCUT2D eigenvalue weighted by Crippen LogP contribution is -2.57. The summed E-state index contributed by atoms with van der Waals surface area (Å²) in [6, 6.07) is 5.34. The molecule has 9 nitrogen and oxygen atoms in total. The van der Waals surface area contributed by atoms with E-state index in [9.17, 15) is 31.2 Å². The number of hydrogen-bond acceptors (Lipinski definition) is 5. The smallest absolute Gasteiger partial charge is 0.348 e. The molecule has 3 saturated heterocycles. The molecule has 3 aliphatic heterocycles. The quantitative estimate of drug-likeness (QED) is 0.594. The van der Waals surface area contributed by atoms with Crippen LogP contribution < -0.4 is 5.32 Å². The fourth-order valence-corrected chi connectivity index (χ4v) is 6.93. The molecule has 1 aromatic carbocycles. The van der Waals surface area contributed by atoms with Gasteiger partial charge in [0.05, 0.1) is 29.5 Å². The van der Waals surface area contributed by atoms with E-state index in [2.05, 4.69) is 5.32 Å². The molecule has 0 radical (unpaired) electrons. The Bertz CT molecular complexity index is 1180. The molecule has 1 N–H and O–H groups in total. The third-order valence-corrected chi connectivity index (χ3v) is 9.26. The number of benzene rings is 1. The van der Waals surface area contributed by atoms with Crippen LogP contribution in [0.4, 0.5) is 13.2 Å². The summed E-state index contributed by atoms with van der Waals surface area (Å²) in [7, 11) is -3.76. The minimum atomic E-state index is -4.50. The molecule has 3 heterocycles. The first-order chi connectivity index (χ1) is 17.4. The standard InChI is InChI=1S/C24H30F3N5O4S/c1-16(18-5-2-7-20(11-18)24(25,26)27)29-22(33)21-8-4-10-32(21)23(34)19-6-3-9-30(15-19)37(35,36)31-13-17(12-28)14-31/h2,5,7,11,16-17,19,21H,3-4,6,8-10,13-15H2,1H3,(H,29,33)/t16?,19-,21+/m0/s1. The summed E-state index contributed by atoms with van der Waals surface area (Å²) in [5.74, 6) is -1.65. The maximum Gasteiger partial charge on any atom is 0.416 e. The highest BCUT2D eigenvalue weighted by Crippen LogP contribution is 2.32. The van der Waals surface area contributed by atoms with Gasteiger partial charge in [0.2, 0.25) is 11.8 Å². The van der Waals surface area contributed by atoms with Gasteiger partial charge in [-0.25, -0.2) is 0 Å². The van der Waals surface area contributed by atoms with Gasteiger partial charge in [0.1, 0.15) is 6.04 Å². The third kappa shape index (κ3) is 5.76. The second kappa shape index (κ2) is 10.6. The summed E-state index contributed by atoms with van der Waals surface area (Å²) < 4.78 is 67.6. The number of alkyl halides is 3. The number of nitriles is 1. The van der Waals surface area contributed by atoms with E-state index >= 15 is 0 Å². The molecule has 1 unspecified atom stereocenters. The lowest BCUT2D eigenvalue weighted by Gasteiger charge is -2.41. The van der Waals surface area contributed by atoms with E-state index in [0.29, 0.717) is 37.8 Å². The van der Waals surface area contributed by atoms with Crippen LogP contribution in [0.2, 0.25) is 0 Å². The van der Waals surface area contributed by atoms with Crippen molar-refractivity contribution in [2.75, 3.05) is 32.7 Å². The summed E-state index contributed by atoms with van der Waals surface area (Å²) >= 11 is 0. The van der Waals surface area contributed by atoms with Crippen LogP contribution in [0, 0.1) is 23.2 Å². The van der Waals surface area contributed by atoms with E-state index in [1.54, 1.807) is 6.92 Å².